The SMILES string of the molecule is Cc1c(Cl)cccc1C(=O)NC1C(C)CCNC1C.Cl. The summed E-state index contributed by atoms with van der Waals surface area (Å²) in [7, 11) is 0. The number of rotatable bonds is 2. The van der Waals surface area contributed by atoms with Gasteiger partial charge in [0, 0.05) is 22.7 Å². The van der Waals surface area contributed by atoms with Crippen LogP contribution in [0.5, 0.6) is 0 Å². The van der Waals surface area contributed by atoms with Gasteiger partial charge in [-0.3, -0.25) is 4.79 Å². The Bertz CT molecular complexity index is 469. The molecule has 3 unspecified atom stereocenters. The van der Waals surface area contributed by atoms with Crippen molar-refractivity contribution in [3.63, 3.8) is 0 Å². The highest BCUT2D eigenvalue weighted by atomic mass is 35.5. The number of hydrogen-bond acceptors (Lipinski definition) is 2. The fourth-order valence-corrected chi connectivity index (χ4v) is 2.86. The van der Waals surface area contributed by atoms with Gasteiger partial charge in [-0.2, -0.15) is 0 Å². The molecule has 0 saturated carbocycles. The lowest BCUT2D eigenvalue weighted by atomic mass is 9.89. The quantitative estimate of drug-likeness (QED) is 0.879. The Morgan fingerprint density at radius 1 is 1.40 bits per heavy atom. The predicted octanol–water partition coefficient (Wildman–Crippen LogP) is 3.19. The molecule has 0 aromatic heterocycles. The summed E-state index contributed by atoms with van der Waals surface area (Å²) in [4.78, 5) is 12.4. The molecule has 0 aliphatic carbocycles. The van der Waals surface area contributed by atoms with Crippen molar-refractivity contribution < 1.29 is 4.79 Å². The summed E-state index contributed by atoms with van der Waals surface area (Å²) in [5, 5.41) is 7.18. The fourth-order valence-electron chi connectivity index (χ4n) is 2.69. The monoisotopic (exact) mass is 316 g/mol. The molecule has 3 nitrogen and oxygen atoms in total. The molecule has 1 fully saturated rings. The molecule has 0 bridgehead atoms. The highest BCUT2D eigenvalue weighted by Crippen LogP contribution is 2.20. The summed E-state index contributed by atoms with van der Waals surface area (Å²) < 4.78 is 0. The van der Waals surface area contributed by atoms with Crippen LogP contribution in [0.1, 0.15) is 36.2 Å². The number of benzene rings is 1. The van der Waals surface area contributed by atoms with Crippen LogP contribution in [0.3, 0.4) is 0 Å². The number of amides is 1. The molecule has 0 radical (unpaired) electrons. The van der Waals surface area contributed by atoms with E-state index in [1.807, 2.05) is 19.1 Å². The Balaban J connectivity index is 0.00000200. The summed E-state index contributed by atoms with van der Waals surface area (Å²) >= 11 is 6.07. The summed E-state index contributed by atoms with van der Waals surface area (Å²) in [6.45, 7) is 7.20. The molecule has 1 aromatic rings. The van der Waals surface area contributed by atoms with Crippen LogP contribution in [-0.2, 0) is 0 Å². The van der Waals surface area contributed by atoms with Crippen molar-refractivity contribution in [3.05, 3.63) is 34.3 Å². The average molecular weight is 317 g/mol. The predicted molar refractivity (Wildman–Crippen MR) is 85.9 cm³/mol. The Morgan fingerprint density at radius 2 is 2.10 bits per heavy atom. The number of carbonyl (C=O) groups excluding carboxylic acids is 1. The van der Waals surface area contributed by atoms with Crippen molar-refractivity contribution in [2.24, 2.45) is 5.92 Å². The van der Waals surface area contributed by atoms with Gasteiger partial charge in [0.25, 0.3) is 5.91 Å². The van der Waals surface area contributed by atoms with Crippen LogP contribution in [0.25, 0.3) is 0 Å². The minimum absolute atomic E-state index is 0. The standard InChI is InChI=1S/C15H21ClN2O.ClH/c1-9-7-8-17-11(3)14(9)18-15(19)12-5-4-6-13(16)10(12)2;/h4-6,9,11,14,17H,7-8H2,1-3H3,(H,18,19);1H. The minimum Gasteiger partial charge on any atom is -0.347 e. The van der Waals surface area contributed by atoms with Gasteiger partial charge in [-0.15, -0.1) is 12.4 Å². The largest absolute Gasteiger partial charge is 0.347 e. The molecule has 2 N–H and O–H groups in total. The summed E-state index contributed by atoms with van der Waals surface area (Å²) in [6, 6.07) is 5.91. The summed E-state index contributed by atoms with van der Waals surface area (Å²) in [5.74, 6) is 0.451. The molecular formula is C15H22Cl2N2O. The number of hydrogen-bond donors (Lipinski definition) is 2. The fraction of sp³-hybridized carbons (Fsp3) is 0.533. The minimum atomic E-state index is -0.0348. The zero-order valence-corrected chi connectivity index (χ0v) is 13.6. The van der Waals surface area contributed by atoms with E-state index in [0.717, 1.165) is 18.5 Å². The maximum atomic E-state index is 12.4. The third-order valence-electron chi connectivity index (χ3n) is 4.03. The van der Waals surface area contributed by atoms with Crippen molar-refractivity contribution >= 4 is 29.9 Å². The van der Waals surface area contributed by atoms with Crippen molar-refractivity contribution in [2.75, 3.05) is 6.54 Å². The molecule has 1 saturated heterocycles. The smallest absolute Gasteiger partial charge is 0.251 e. The van der Waals surface area contributed by atoms with E-state index in [4.69, 9.17) is 11.6 Å². The molecule has 0 spiro atoms. The van der Waals surface area contributed by atoms with Crippen LogP contribution in [0.4, 0.5) is 0 Å². The van der Waals surface area contributed by atoms with Gasteiger partial charge in [-0.05, 0) is 50.4 Å². The molecule has 1 heterocycles. The van der Waals surface area contributed by atoms with Gasteiger partial charge >= 0.3 is 0 Å². The maximum Gasteiger partial charge on any atom is 0.251 e. The maximum absolute atomic E-state index is 12.4. The highest BCUT2D eigenvalue weighted by molar-refractivity contribution is 6.31. The highest BCUT2D eigenvalue weighted by Gasteiger charge is 2.29. The molecule has 20 heavy (non-hydrogen) atoms. The zero-order chi connectivity index (χ0) is 14.0. The molecule has 112 valence electrons. The van der Waals surface area contributed by atoms with E-state index in [0.29, 0.717) is 22.5 Å². The van der Waals surface area contributed by atoms with E-state index in [1.165, 1.54) is 0 Å². The first-order valence-electron chi connectivity index (χ1n) is 6.80. The van der Waals surface area contributed by atoms with Crippen LogP contribution in [-0.4, -0.2) is 24.5 Å². The van der Waals surface area contributed by atoms with Crippen molar-refractivity contribution in [1.82, 2.24) is 10.6 Å². The molecular weight excluding hydrogens is 295 g/mol. The second-order valence-corrected chi connectivity index (χ2v) is 5.83. The number of nitrogens with one attached hydrogen (secondary N) is 2. The van der Waals surface area contributed by atoms with Gasteiger partial charge in [0.15, 0.2) is 0 Å². The van der Waals surface area contributed by atoms with E-state index in [9.17, 15) is 4.79 Å². The van der Waals surface area contributed by atoms with Crippen molar-refractivity contribution in [1.29, 1.82) is 0 Å². The lowest BCUT2D eigenvalue weighted by Gasteiger charge is -2.36. The van der Waals surface area contributed by atoms with E-state index < -0.39 is 0 Å². The third kappa shape index (κ3) is 3.66. The van der Waals surface area contributed by atoms with Gasteiger partial charge in [-0.25, -0.2) is 0 Å². The second kappa shape index (κ2) is 7.30. The molecule has 5 heteroatoms. The van der Waals surface area contributed by atoms with E-state index >= 15 is 0 Å². The van der Waals surface area contributed by atoms with Crippen LogP contribution in [0, 0.1) is 12.8 Å². The van der Waals surface area contributed by atoms with Crippen LogP contribution in [0.2, 0.25) is 5.02 Å². The number of halogens is 2. The number of piperidine rings is 1. The topological polar surface area (TPSA) is 41.1 Å². The Hall–Kier alpha value is -0.770. The average Bonchev–Trinajstić information content (AvgIpc) is 2.37. The summed E-state index contributed by atoms with van der Waals surface area (Å²) in [6.07, 6.45) is 1.09. The molecule has 1 aromatic carbocycles. The second-order valence-electron chi connectivity index (χ2n) is 5.42. The van der Waals surface area contributed by atoms with E-state index in [-0.39, 0.29) is 24.4 Å². The summed E-state index contributed by atoms with van der Waals surface area (Å²) in [5.41, 5.74) is 1.50. The normalized spacial score (nSPS) is 25.7. The number of carbonyl (C=O) groups is 1. The lowest BCUT2D eigenvalue weighted by Crippen LogP contribution is -2.56. The van der Waals surface area contributed by atoms with Crippen LogP contribution >= 0.6 is 24.0 Å². The Morgan fingerprint density at radius 3 is 2.75 bits per heavy atom. The zero-order valence-electron chi connectivity index (χ0n) is 12.1. The van der Waals surface area contributed by atoms with Crippen molar-refractivity contribution in [2.45, 2.75) is 39.3 Å². The van der Waals surface area contributed by atoms with Crippen LogP contribution < -0.4 is 10.6 Å². The molecule has 1 aliphatic rings. The molecule has 1 amide bonds. The Kier molecular flexibility index (Phi) is 6.31. The first-order valence-corrected chi connectivity index (χ1v) is 7.18. The van der Waals surface area contributed by atoms with Gasteiger partial charge in [0.2, 0.25) is 0 Å². The first-order chi connectivity index (χ1) is 9.00. The van der Waals surface area contributed by atoms with E-state index in [1.54, 1.807) is 6.07 Å². The van der Waals surface area contributed by atoms with Gasteiger partial charge < -0.3 is 10.6 Å². The Labute approximate surface area is 131 Å². The van der Waals surface area contributed by atoms with Gasteiger partial charge in [-0.1, -0.05) is 24.6 Å². The molecule has 3 atom stereocenters. The molecule has 2 rings (SSSR count). The van der Waals surface area contributed by atoms with Gasteiger partial charge in [0.1, 0.15) is 0 Å². The van der Waals surface area contributed by atoms with Gasteiger partial charge in [0.05, 0.1) is 0 Å². The molecule has 1 aliphatic heterocycles. The lowest BCUT2D eigenvalue weighted by molar-refractivity contribution is 0.0897. The third-order valence-corrected chi connectivity index (χ3v) is 4.44. The van der Waals surface area contributed by atoms with Crippen LogP contribution in [0.15, 0.2) is 18.2 Å². The van der Waals surface area contributed by atoms with Crippen molar-refractivity contribution in [3.8, 4) is 0 Å². The first kappa shape index (κ1) is 17.3. The van der Waals surface area contributed by atoms with E-state index in [2.05, 4.69) is 24.5 Å².